The molecule has 0 saturated carbocycles. The molecule has 0 aliphatic heterocycles. The van der Waals surface area contributed by atoms with Crippen molar-refractivity contribution in [3.05, 3.63) is 70.8 Å². The van der Waals surface area contributed by atoms with Crippen molar-refractivity contribution < 1.29 is 19.5 Å². The van der Waals surface area contributed by atoms with E-state index in [9.17, 15) is 19.5 Å². The number of H-pyrrole nitrogens is 1. The summed E-state index contributed by atoms with van der Waals surface area (Å²) in [4.78, 5) is 41.9. The van der Waals surface area contributed by atoms with Crippen LogP contribution in [0.25, 0.3) is 22.5 Å². The van der Waals surface area contributed by atoms with Gasteiger partial charge in [0.1, 0.15) is 11.9 Å². The minimum absolute atomic E-state index is 0.0836. The number of tetrazole rings is 1. The maximum Gasteiger partial charge on any atom is 0.326 e. The number of primary amides is 1. The zero-order valence-electron chi connectivity index (χ0n) is 23.5. The summed E-state index contributed by atoms with van der Waals surface area (Å²) in [7, 11) is 0. The molecule has 4 rings (SSSR count). The van der Waals surface area contributed by atoms with Gasteiger partial charge in [-0.05, 0) is 40.0 Å². The standard InChI is InChI=1S/C29H33ClN8O4/c1-3-4-9-26-32-27(30)24(17-37(18(2)39)23(29(41)42)14-15-25(31)40)38(26)16-19-10-12-20(13-11-19)21-7-5-6-8-22(21)28-33-35-36-34-28/h5-8,10-13,23H,3-4,9,14-17H2,1-2H3,(H2,31,40)(H,41,42)(H,33,34,35,36)/t23-/m0/s1. The predicted octanol–water partition coefficient (Wildman–Crippen LogP) is 3.84. The highest BCUT2D eigenvalue weighted by atomic mass is 35.5. The first-order chi connectivity index (χ1) is 20.2. The maximum atomic E-state index is 12.6. The molecule has 4 N–H and O–H groups in total. The number of hydrogen-bond acceptors (Lipinski definition) is 7. The number of carbonyl (C=O) groups is 3. The van der Waals surface area contributed by atoms with Crippen LogP contribution < -0.4 is 5.73 Å². The molecule has 0 saturated heterocycles. The zero-order valence-corrected chi connectivity index (χ0v) is 24.2. The monoisotopic (exact) mass is 592 g/mol. The van der Waals surface area contributed by atoms with Crippen molar-refractivity contribution in [1.29, 1.82) is 0 Å². The molecule has 220 valence electrons. The fourth-order valence-electron chi connectivity index (χ4n) is 4.85. The summed E-state index contributed by atoms with van der Waals surface area (Å²) in [6.45, 7) is 3.69. The van der Waals surface area contributed by atoms with Crippen LogP contribution in [0, 0.1) is 0 Å². The summed E-state index contributed by atoms with van der Waals surface area (Å²) in [6, 6.07) is 14.6. The number of nitrogens with two attached hydrogens (primary N) is 1. The smallest absolute Gasteiger partial charge is 0.326 e. The van der Waals surface area contributed by atoms with Crippen LogP contribution in [0.4, 0.5) is 0 Å². The van der Waals surface area contributed by atoms with Gasteiger partial charge in [0, 0.05) is 31.9 Å². The Kier molecular flexibility index (Phi) is 10.0. The van der Waals surface area contributed by atoms with E-state index in [0.717, 1.165) is 40.9 Å². The summed E-state index contributed by atoms with van der Waals surface area (Å²) >= 11 is 6.62. The Morgan fingerprint density at radius 1 is 1.12 bits per heavy atom. The highest BCUT2D eigenvalue weighted by Gasteiger charge is 2.30. The molecule has 0 aliphatic carbocycles. The second kappa shape index (κ2) is 13.9. The molecule has 0 aliphatic rings. The molecule has 2 amide bonds. The summed E-state index contributed by atoms with van der Waals surface area (Å²) in [5.41, 5.74) is 9.55. The Morgan fingerprint density at radius 2 is 1.83 bits per heavy atom. The van der Waals surface area contributed by atoms with E-state index in [1.165, 1.54) is 11.8 Å². The molecule has 0 radical (unpaired) electrons. The second-order valence-electron chi connectivity index (χ2n) is 9.95. The van der Waals surface area contributed by atoms with Crippen LogP contribution in [0.2, 0.25) is 5.15 Å². The van der Waals surface area contributed by atoms with Gasteiger partial charge in [0.05, 0.1) is 12.2 Å². The van der Waals surface area contributed by atoms with E-state index in [0.29, 0.717) is 24.5 Å². The molecule has 0 unspecified atom stereocenters. The molecule has 0 spiro atoms. The number of carboxylic acid groups (broad SMARTS) is 1. The third kappa shape index (κ3) is 7.19. The van der Waals surface area contributed by atoms with Crippen LogP contribution >= 0.6 is 11.6 Å². The van der Waals surface area contributed by atoms with Gasteiger partial charge in [0.15, 0.2) is 11.0 Å². The quantitative estimate of drug-likeness (QED) is 0.198. The molecule has 0 fully saturated rings. The number of amides is 2. The minimum atomic E-state index is -1.24. The Hall–Kier alpha value is -4.58. The van der Waals surface area contributed by atoms with Gasteiger partial charge in [-0.15, -0.1) is 5.10 Å². The van der Waals surface area contributed by atoms with Crippen LogP contribution in [-0.2, 0) is 33.9 Å². The number of hydrogen-bond donors (Lipinski definition) is 3. The van der Waals surface area contributed by atoms with Gasteiger partial charge >= 0.3 is 5.97 Å². The van der Waals surface area contributed by atoms with E-state index >= 15 is 0 Å². The number of unbranched alkanes of at least 4 members (excludes halogenated alkanes) is 1. The van der Waals surface area contributed by atoms with E-state index in [-0.39, 0.29) is 24.5 Å². The average Bonchev–Trinajstić information content (AvgIpc) is 3.60. The van der Waals surface area contributed by atoms with Crippen molar-refractivity contribution in [3.8, 4) is 22.5 Å². The highest BCUT2D eigenvalue weighted by Crippen LogP contribution is 2.30. The molecular weight excluding hydrogens is 560 g/mol. The normalized spacial score (nSPS) is 11.8. The number of imidazole rings is 1. The summed E-state index contributed by atoms with van der Waals surface area (Å²) < 4.78 is 1.95. The number of nitrogens with zero attached hydrogens (tertiary/aromatic N) is 6. The number of nitrogens with one attached hydrogen (secondary N) is 1. The highest BCUT2D eigenvalue weighted by molar-refractivity contribution is 6.30. The van der Waals surface area contributed by atoms with E-state index in [2.05, 4.69) is 32.5 Å². The van der Waals surface area contributed by atoms with Gasteiger partial charge in [-0.1, -0.05) is 73.5 Å². The summed E-state index contributed by atoms with van der Waals surface area (Å²) in [5.74, 6) is -1.01. The Bertz CT molecular complexity index is 1540. The van der Waals surface area contributed by atoms with Gasteiger partial charge in [0.2, 0.25) is 11.8 Å². The van der Waals surface area contributed by atoms with E-state index in [1.807, 2.05) is 53.1 Å². The number of aliphatic carboxylic acids is 1. The Morgan fingerprint density at radius 3 is 2.43 bits per heavy atom. The number of aromatic nitrogens is 6. The van der Waals surface area contributed by atoms with Crippen molar-refractivity contribution >= 4 is 29.4 Å². The second-order valence-corrected chi connectivity index (χ2v) is 10.3. The van der Waals surface area contributed by atoms with Crippen LogP contribution in [0.15, 0.2) is 48.5 Å². The van der Waals surface area contributed by atoms with Crippen molar-refractivity contribution in [1.82, 2.24) is 35.1 Å². The topological polar surface area (TPSA) is 173 Å². The van der Waals surface area contributed by atoms with Gasteiger partial charge in [-0.3, -0.25) is 9.59 Å². The molecule has 13 heteroatoms. The minimum Gasteiger partial charge on any atom is -0.480 e. The van der Waals surface area contributed by atoms with Gasteiger partial charge in [-0.25, -0.2) is 14.9 Å². The molecule has 4 aromatic rings. The number of aromatic amines is 1. The van der Waals surface area contributed by atoms with Gasteiger partial charge in [-0.2, -0.15) is 0 Å². The number of carboxylic acids is 1. The molecule has 1 atom stereocenters. The number of benzene rings is 2. The van der Waals surface area contributed by atoms with Crippen molar-refractivity contribution in [3.63, 3.8) is 0 Å². The average molecular weight is 593 g/mol. The fraction of sp³-hybridized carbons (Fsp3) is 0.345. The Labute approximate surface area is 247 Å². The molecule has 12 nitrogen and oxygen atoms in total. The molecule has 2 aromatic heterocycles. The SMILES string of the molecule is CCCCc1nc(Cl)c(CN(C(C)=O)[C@@H](CCC(N)=O)C(=O)O)n1Cc1ccc(-c2ccccc2-c2nnn[nH]2)cc1. The van der Waals surface area contributed by atoms with Crippen molar-refractivity contribution in [2.75, 3.05) is 0 Å². The lowest BCUT2D eigenvalue weighted by Gasteiger charge is -2.28. The molecular formula is C29H33ClN8O4. The molecule has 0 bridgehead atoms. The van der Waals surface area contributed by atoms with Crippen LogP contribution in [-0.4, -0.2) is 64.0 Å². The summed E-state index contributed by atoms with van der Waals surface area (Å²) in [6.07, 6.45) is 2.22. The lowest BCUT2D eigenvalue weighted by molar-refractivity contribution is -0.150. The first kappa shape index (κ1) is 30.4. The molecule has 2 aromatic carbocycles. The van der Waals surface area contributed by atoms with Crippen LogP contribution in [0.1, 0.15) is 56.6 Å². The first-order valence-corrected chi connectivity index (χ1v) is 14.0. The number of rotatable bonds is 14. The van der Waals surface area contributed by atoms with Crippen molar-refractivity contribution in [2.24, 2.45) is 5.73 Å². The fourth-order valence-corrected chi connectivity index (χ4v) is 5.11. The summed E-state index contributed by atoms with van der Waals surface area (Å²) in [5, 5.41) is 24.3. The number of halogens is 1. The van der Waals surface area contributed by atoms with E-state index in [1.54, 1.807) is 0 Å². The van der Waals surface area contributed by atoms with E-state index < -0.39 is 23.8 Å². The largest absolute Gasteiger partial charge is 0.480 e. The first-order valence-electron chi connectivity index (χ1n) is 13.6. The number of carbonyl (C=O) groups excluding carboxylic acids is 2. The number of aryl methyl sites for hydroxylation is 1. The predicted molar refractivity (Wildman–Crippen MR) is 156 cm³/mol. The Balaban J connectivity index is 1.66. The molecule has 42 heavy (non-hydrogen) atoms. The third-order valence-electron chi connectivity index (χ3n) is 7.04. The lowest BCUT2D eigenvalue weighted by atomic mass is 9.98. The van der Waals surface area contributed by atoms with Gasteiger partial charge < -0.3 is 20.3 Å². The third-order valence-corrected chi connectivity index (χ3v) is 7.34. The zero-order chi connectivity index (χ0) is 30.2. The van der Waals surface area contributed by atoms with Gasteiger partial charge in [0.25, 0.3) is 0 Å². The van der Waals surface area contributed by atoms with E-state index in [4.69, 9.17) is 17.3 Å². The molecule has 2 heterocycles. The van der Waals surface area contributed by atoms with Crippen LogP contribution in [0.5, 0.6) is 0 Å². The lowest BCUT2D eigenvalue weighted by Crippen LogP contribution is -2.44. The van der Waals surface area contributed by atoms with Crippen molar-refractivity contribution in [2.45, 2.75) is 65.1 Å². The van der Waals surface area contributed by atoms with Crippen LogP contribution in [0.3, 0.4) is 0 Å². The maximum absolute atomic E-state index is 12.6.